The fourth-order valence-corrected chi connectivity index (χ4v) is 8.61. The van der Waals surface area contributed by atoms with Crippen LogP contribution in [-0.2, 0) is 9.53 Å². The Bertz CT molecular complexity index is 1060. The molecule has 0 aromatic carbocycles. The first-order chi connectivity index (χ1) is 16.8. The summed E-state index contributed by atoms with van der Waals surface area (Å²) in [5, 5.41) is 29.2. The zero-order valence-electron chi connectivity index (χ0n) is 21.2. The molecule has 2 aliphatic heterocycles. The number of aliphatic hydroxyl groups is 1. The van der Waals surface area contributed by atoms with E-state index >= 15 is 0 Å². The maximum Gasteiger partial charge on any atom is 0.334 e. The molecule has 7 atom stereocenters. The number of hydrogen-bond acceptors (Lipinski definition) is 5. The van der Waals surface area contributed by atoms with E-state index in [0.717, 1.165) is 24.5 Å². The number of guanidine groups is 1. The lowest BCUT2D eigenvalue weighted by Gasteiger charge is -2.62. The highest BCUT2D eigenvalue weighted by molar-refractivity contribution is 5.92. The molecule has 5 aliphatic rings. The van der Waals surface area contributed by atoms with E-state index < -0.39 is 17.0 Å². The van der Waals surface area contributed by atoms with Gasteiger partial charge in [-0.3, -0.25) is 4.99 Å². The Labute approximate surface area is 207 Å². The molecule has 0 saturated heterocycles. The van der Waals surface area contributed by atoms with E-state index in [-0.39, 0.29) is 41.3 Å². The van der Waals surface area contributed by atoms with Crippen LogP contribution >= 0.6 is 0 Å². The number of ether oxygens (including phenoxy) is 1. The minimum absolute atomic E-state index is 0.00650. The summed E-state index contributed by atoms with van der Waals surface area (Å²) in [6.07, 6.45) is 6.33. The summed E-state index contributed by atoms with van der Waals surface area (Å²) < 4.78 is 5.70. The van der Waals surface area contributed by atoms with Crippen LogP contribution in [0.5, 0.6) is 0 Å². The standard InChI is InChI=1S/C27H38N4O4/c1-5-35-16-25(34)14-26-17(2)11-18-7-6-9-30-24(29-4)31-10-8-19(13-28-3)27(26,15-31)20(18)12-21(26)22(25)23(32)33/h8,10,17-20,28,34H,5,9,11-16H2,1-4H3,(H,29,30)(H,32,33)/t17-,18-,19-,20+,25-,26+,27+/m1/s1. The van der Waals surface area contributed by atoms with E-state index in [0.29, 0.717) is 32.5 Å². The zero-order valence-corrected chi connectivity index (χ0v) is 21.2. The second-order valence-electron chi connectivity index (χ2n) is 10.9. The van der Waals surface area contributed by atoms with Crippen LogP contribution in [0, 0.1) is 46.3 Å². The van der Waals surface area contributed by atoms with E-state index in [2.05, 4.69) is 51.6 Å². The average Bonchev–Trinajstić information content (AvgIpc) is 3.19. The Hall–Kier alpha value is -2.34. The number of carbonyl (C=O) groups is 1. The molecule has 2 spiro atoms. The van der Waals surface area contributed by atoms with Gasteiger partial charge in [0.1, 0.15) is 5.60 Å². The van der Waals surface area contributed by atoms with Gasteiger partial charge in [0.25, 0.3) is 0 Å². The lowest BCUT2D eigenvalue weighted by Crippen LogP contribution is -2.64. The van der Waals surface area contributed by atoms with Crippen LogP contribution in [-0.4, -0.2) is 79.6 Å². The molecular weight excluding hydrogens is 444 g/mol. The summed E-state index contributed by atoms with van der Waals surface area (Å²) in [7, 11) is 3.76. The van der Waals surface area contributed by atoms with Gasteiger partial charge in [-0.05, 0) is 56.6 Å². The van der Waals surface area contributed by atoms with Gasteiger partial charge in [-0.15, -0.1) is 0 Å². The molecular formula is C27H38N4O4. The number of nitrogens with zero attached hydrogens (tertiary/aromatic N) is 2. The summed E-state index contributed by atoms with van der Waals surface area (Å²) in [5.41, 5.74) is -1.15. The molecule has 2 heterocycles. The monoisotopic (exact) mass is 482 g/mol. The highest BCUT2D eigenvalue weighted by atomic mass is 16.5. The van der Waals surface area contributed by atoms with Gasteiger partial charge in [-0.2, -0.15) is 0 Å². The van der Waals surface area contributed by atoms with Crippen LogP contribution in [0.3, 0.4) is 0 Å². The molecule has 35 heavy (non-hydrogen) atoms. The smallest absolute Gasteiger partial charge is 0.334 e. The van der Waals surface area contributed by atoms with Crippen LogP contribution in [0.2, 0.25) is 0 Å². The molecule has 0 aromatic rings. The molecule has 0 unspecified atom stereocenters. The highest BCUT2D eigenvalue weighted by Crippen LogP contribution is 2.78. The third kappa shape index (κ3) is 3.18. The molecule has 5 bridgehead atoms. The normalized spacial score (nSPS) is 42.4. The van der Waals surface area contributed by atoms with Crippen molar-refractivity contribution in [2.45, 2.75) is 38.7 Å². The van der Waals surface area contributed by atoms with E-state index in [1.54, 1.807) is 7.05 Å². The first kappa shape index (κ1) is 24.4. The van der Waals surface area contributed by atoms with Crippen molar-refractivity contribution < 1.29 is 19.7 Å². The number of allylic oxidation sites excluding steroid dienone is 1. The number of hydrogen-bond donors (Lipinski definition) is 4. The lowest BCUT2D eigenvalue weighted by atomic mass is 9.44. The maximum absolute atomic E-state index is 12.8. The Morgan fingerprint density at radius 2 is 2.26 bits per heavy atom. The van der Waals surface area contributed by atoms with Gasteiger partial charge in [0.2, 0.25) is 0 Å². The van der Waals surface area contributed by atoms with Crippen molar-refractivity contribution in [2.24, 2.45) is 39.5 Å². The maximum atomic E-state index is 12.8. The number of carboxylic acid groups (broad SMARTS) is 1. The molecule has 5 rings (SSSR count). The number of carboxylic acids is 1. The van der Waals surface area contributed by atoms with Crippen molar-refractivity contribution in [3.05, 3.63) is 23.4 Å². The predicted octanol–water partition coefficient (Wildman–Crippen LogP) is 1.44. The van der Waals surface area contributed by atoms with Gasteiger partial charge in [0.05, 0.1) is 18.7 Å². The Morgan fingerprint density at radius 3 is 2.94 bits per heavy atom. The Balaban J connectivity index is 1.79. The van der Waals surface area contributed by atoms with Crippen LogP contribution in [0.1, 0.15) is 33.1 Å². The summed E-state index contributed by atoms with van der Waals surface area (Å²) in [5.74, 6) is 7.40. The fraction of sp³-hybridized carbons (Fsp3) is 0.704. The number of aliphatic imine (C=N–C) groups is 1. The molecule has 0 radical (unpaired) electrons. The first-order valence-electron chi connectivity index (χ1n) is 12.8. The van der Waals surface area contributed by atoms with Crippen molar-refractivity contribution >= 4 is 11.9 Å². The van der Waals surface area contributed by atoms with E-state index in [4.69, 9.17) is 4.74 Å². The van der Waals surface area contributed by atoms with Crippen molar-refractivity contribution in [1.29, 1.82) is 0 Å². The minimum atomic E-state index is -1.50. The average molecular weight is 483 g/mol. The number of aliphatic carboxylic acids is 1. The molecule has 0 amide bonds. The summed E-state index contributed by atoms with van der Waals surface area (Å²) in [6, 6.07) is 0. The molecule has 3 aliphatic carbocycles. The molecule has 190 valence electrons. The van der Waals surface area contributed by atoms with Gasteiger partial charge in [0, 0.05) is 49.7 Å². The fourth-order valence-electron chi connectivity index (χ4n) is 8.61. The largest absolute Gasteiger partial charge is 0.478 e. The number of nitrogens with one attached hydrogen (secondary N) is 2. The molecule has 8 heteroatoms. The van der Waals surface area contributed by atoms with Gasteiger partial charge < -0.3 is 30.5 Å². The lowest BCUT2D eigenvalue weighted by molar-refractivity contribution is -0.141. The molecule has 2 saturated carbocycles. The second-order valence-corrected chi connectivity index (χ2v) is 10.9. The SMILES string of the molecule is CCOC[C@]1(O)C[C@]23C(=C1C(=O)O)C[C@H]1[C@H](C#CCNC(=NC)N4C=C[C@H](CNC)[C@@]12C4)C[C@H]3C. The third-order valence-electron chi connectivity index (χ3n) is 9.61. The molecule has 8 nitrogen and oxygen atoms in total. The van der Waals surface area contributed by atoms with Gasteiger partial charge in [0.15, 0.2) is 5.96 Å². The highest BCUT2D eigenvalue weighted by Gasteiger charge is 2.76. The number of rotatable bonds is 6. The summed E-state index contributed by atoms with van der Waals surface area (Å²) >= 11 is 0. The van der Waals surface area contributed by atoms with Crippen LogP contribution in [0.25, 0.3) is 0 Å². The summed E-state index contributed by atoms with van der Waals surface area (Å²) in [4.78, 5) is 19.5. The van der Waals surface area contributed by atoms with Crippen LogP contribution < -0.4 is 10.6 Å². The quantitative estimate of drug-likeness (QED) is 0.425. The van der Waals surface area contributed by atoms with E-state index in [9.17, 15) is 15.0 Å². The minimum Gasteiger partial charge on any atom is -0.478 e. The van der Waals surface area contributed by atoms with E-state index in [1.807, 2.05) is 14.0 Å². The molecule has 0 aromatic heterocycles. The predicted molar refractivity (Wildman–Crippen MR) is 133 cm³/mol. The summed E-state index contributed by atoms with van der Waals surface area (Å²) in [6.45, 7) is 6.58. The van der Waals surface area contributed by atoms with Crippen LogP contribution in [0.15, 0.2) is 28.4 Å². The zero-order chi connectivity index (χ0) is 25.0. The molecule has 4 N–H and O–H groups in total. The van der Waals surface area contributed by atoms with Crippen molar-refractivity contribution in [2.75, 3.05) is 46.9 Å². The van der Waals surface area contributed by atoms with Crippen molar-refractivity contribution in [3.63, 3.8) is 0 Å². The number of fused-ring (bicyclic) bond motifs is 1. The van der Waals surface area contributed by atoms with Gasteiger partial charge in [-0.25, -0.2) is 4.79 Å². The van der Waals surface area contributed by atoms with Crippen LogP contribution in [0.4, 0.5) is 0 Å². The van der Waals surface area contributed by atoms with Crippen molar-refractivity contribution in [3.8, 4) is 11.8 Å². The van der Waals surface area contributed by atoms with Gasteiger partial charge in [-0.1, -0.05) is 24.8 Å². The third-order valence-corrected chi connectivity index (χ3v) is 9.61. The second kappa shape index (κ2) is 8.65. The first-order valence-corrected chi connectivity index (χ1v) is 12.8. The topological polar surface area (TPSA) is 106 Å². The van der Waals surface area contributed by atoms with E-state index in [1.165, 1.54) is 0 Å². The van der Waals surface area contributed by atoms with Gasteiger partial charge >= 0.3 is 5.97 Å². The Kier molecular flexibility index (Phi) is 6.02. The van der Waals surface area contributed by atoms with Crippen molar-refractivity contribution in [1.82, 2.24) is 15.5 Å². The Morgan fingerprint density at radius 1 is 1.46 bits per heavy atom. The molecule has 2 fully saturated rings.